The Balaban J connectivity index is 0.000000501. The first-order valence-corrected chi connectivity index (χ1v) is 8.87. The van der Waals surface area contributed by atoms with Crippen LogP contribution in [0.5, 0.6) is 0 Å². The lowest BCUT2D eigenvalue weighted by molar-refractivity contribution is -0.187. The SMILES string of the molecule is O=C(CO)[C@H](O)[C@H](O)COP(=O)(O)O.O=C(O)C1(O)C[C@@H](O)C(O)[C@H](O)C1. The molecule has 4 atom stereocenters. The van der Waals surface area contributed by atoms with Crippen LogP contribution in [0.15, 0.2) is 0 Å². The first-order valence-electron chi connectivity index (χ1n) is 7.34. The van der Waals surface area contributed by atoms with E-state index in [4.69, 9.17) is 45.5 Å². The smallest absolute Gasteiger partial charge is 0.469 e. The first-order chi connectivity index (χ1) is 12.1. The van der Waals surface area contributed by atoms with Gasteiger partial charge in [-0.2, -0.15) is 0 Å². The number of carboxylic acid groups (broad SMARTS) is 1. The van der Waals surface area contributed by atoms with Crippen molar-refractivity contribution < 1.29 is 69.3 Å². The minimum Gasteiger partial charge on any atom is -0.479 e. The van der Waals surface area contributed by atoms with Crippen LogP contribution in [0.25, 0.3) is 0 Å². The van der Waals surface area contributed by atoms with Crippen LogP contribution in [-0.4, -0.2) is 112 Å². The van der Waals surface area contributed by atoms with E-state index in [0.29, 0.717) is 0 Å². The molecule has 0 heterocycles. The molecule has 1 fully saturated rings. The van der Waals surface area contributed by atoms with Gasteiger partial charge in [0.05, 0.1) is 18.8 Å². The van der Waals surface area contributed by atoms with Crippen LogP contribution >= 0.6 is 7.82 Å². The lowest BCUT2D eigenvalue weighted by atomic mass is 9.80. The number of Topliss-reactive ketones (excluding diaryl/α,β-unsaturated/α-hetero) is 1. The maximum Gasteiger partial charge on any atom is 0.469 e. The molecule has 0 aromatic heterocycles. The van der Waals surface area contributed by atoms with Crippen molar-refractivity contribution in [1.82, 2.24) is 0 Å². The highest BCUT2D eigenvalue weighted by Crippen LogP contribution is 2.35. The Morgan fingerprint density at radius 1 is 1.11 bits per heavy atom. The zero-order valence-electron chi connectivity index (χ0n) is 13.8. The highest BCUT2D eigenvalue weighted by atomic mass is 31.2. The van der Waals surface area contributed by atoms with Crippen molar-refractivity contribution in [3.8, 4) is 0 Å². The molecule has 27 heavy (non-hydrogen) atoms. The third-order valence-corrected chi connectivity index (χ3v) is 4.03. The summed E-state index contributed by atoms with van der Waals surface area (Å²) < 4.78 is 14.0. The zero-order valence-corrected chi connectivity index (χ0v) is 14.7. The van der Waals surface area contributed by atoms with Gasteiger partial charge < -0.3 is 50.6 Å². The molecule has 1 rings (SSSR count). The van der Waals surface area contributed by atoms with Gasteiger partial charge in [0, 0.05) is 12.8 Å². The molecule has 14 nitrogen and oxygen atoms in total. The average molecular weight is 422 g/mol. The van der Waals surface area contributed by atoms with E-state index in [1.54, 1.807) is 0 Å². The number of carboxylic acids is 1. The number of carbonyl (C=O) groups is 2. The normalized spacial score (nSPS) is 30.6. The molecule has 0 saturated heterocycles. The molecule has 0 spiro atoms. The fraction of sp³-hybridized carbons (Fsp3) is 0.833. The van der Waals surface area contributed by atoms with E-state index in [1.807, 2.05) is 0 Å². The van der Waals surface area contributed by atoms with E-state index in [-0.39, 0.29) is 0 Å². The Bertz CT molecular complexity index is 534. The molecule has 1 saturated carbocycles. The molecular formula is C12H23O14P. The number of aliphatic hydroxyl groups excluding tert-OH is 6. The number of phosphoric ester groups is 1. The monoisotopic (exact) mass is 422 g/mol. The van der Waals surface area contributed by atoms with Gasteiger partial charge in [-0.3, -0.25) is 9.32 Å². The number of phosphoric acid groups is 1. The summed E-state index contributed by atoms with van der Waals surface area (Å²) in [6, 6.07) is 0. The van der Waals surface area contributed by atoms with E-state index < -0.39 is 81.8 Å². The van der Waals surface area contributed by atoms with Crippen LogP contribution in [0.1, 0.15) is 12.8 Å². The number of ketones is 1. The molecular weight excluding hydrogens is 399 g/mol. The van der Waals surface area contributed by atoms with Crippen molar-refractivity contribution in [1.29, 1.82) is 0 Å². The number of aliphatic hydroxyl groups is 7. The topological polar surface area (TPSA) is 263 Å². The highest BCUT2D eigenvalue weighted by molar-refractivity contribution is 7.46. The molecule has 0 amide bonds. The quantitative estimate of drug-likeness (QED) is 0.172. The summed E-state index contributed by atoms with van der Waals surface area (Å²) >= 11 is 0. The number of aliphatic carboxylic acids is 1. The van der Waals surface area contributed by atoms with Crippen LogP contribution in [-0.2, 0) is 18.7 Å². The molecule has 0 aromatic carbocycles. The van der Waals surface area contributed by atoms with Gasteiger partial charge in [0.2, 0.25) is 0 Å². The van der Waals surface area contributed by atoms with Crippen LogP contribution in [0.3, 0.4) is 0 Å². The molecule has 1 aliphatic rings. The largest absolute Gasteiger partial charge is 0.479 e. The first kappa shape index (κ1) is 26.0. The van der Waals surface area contributed by atoms with Crippen molar-refractivity contribution in [2.75, 3.05) is 13.2 Å². The lowest BCUT2D eigenvalue weighted by Gasteiger charge is -2.37. The molecule has 0 aliphatic heterocycles. The minimum atomic E-state index is -4.74. The third kappa shape index (κ3) is 8.68. The maximum absolute atomic E-state index is 10.6. The Morgan fingerprint density at radius 2 is 1.56 bits per heavy atom. The summed E-state index contributed by atoms with van der Waals surface area (Å²) in [5.41, 5.74) is -2.14. The molecule has 0 radical (unpaired) electrons. The van der Waals surface area contributed by atoms with Gasteiger partial charge in [0.1, 0.15) is 24.9 Å². The summed E-state index contributed by atoms with van der Waals surface area (Å²) in [5.74, 6) is -2.57. The van der Waals surface area contributed by atoms with Crippen LogP contribution in [0.4, 0.5) is 0 Å². The van der Waals surface area contributed by atoms with E-state index >= 15 is 0 Å². The molecule has 0 unspecified atom stereocenters. The Labute approximate surface area is 152 Å². The van der Waals surface area contributed by atoms with Gasteiger partial charge in [0.25, 0.3) is 0 Å². The molecule has 0 aromatic rings. The van der Waals surface area contributed by atoms with Crippen LogP contribution in [0, 0.1) is 0 Å². The molecule has 0 bridgehead atoms. The number of hydrogen-bond donors (Lipinski definition) is 10. The second-order valence-electron chi connectivity index (χ2n) is 5.79. The Morgan fingerprint density at radius 3 is 1.89 bits per heavy atom. The molecule has 10 N–H and O–H groups in total. The van der Waals surface area contributed by atoms with E-state index in [1.165, 1.54) is 0 Å². The van der Waals surface area contributed by atoms with Gasteiger partial charge in [-0.25, -0.2) is 9.36 Å². The van der Waals surface area contributed by atoms with Crippen molar-refractivity contribution in [3.05, 3.63) is 0 Å². The Hall–Kier alpha value is -1.03. The van der Waals surface area contributed by atoms with Crippen LogP contribution in [0.2, 0.25) is 0 Å². The second kappa shape index (κ2) is 10.5. The maximum atomic E-state index is 10.6. The van der Waals surface area contributed by atoms with Gasteiger partial charge in [-0.15, -0.1) is 0 Å². The average Bonchev–Trinajstić information content (AvgIpc) is 2.55. The highest BCUT2D eigenvalue weighted by Gasteiger charge is 2.48. The Kier molecular flexibility index (Phi) is 10.1. The summed E-state index contributed by atoms with van der Waals surface area (Å²) in [4.78, 5) is 37.5. The van der Waals surface area contributed by atoms with Crippen molar-refractivity contribution >= 4 is 19.6 Å². The van der Waals surface area contributed by atoms with Gasteiger partial charge in [0.15, 0.2) is 11.4 Å². The van der Waals surface area contributed by atoms with Crippen molar-refractivity contribution in [2.45, 2.75) is 49.0 Å². The van der Waals surface area contributed by atoms with E-state index in [9.17, 15) is 19.3 Å². The molecule has 160 valence electrons. The van der Waals surface area contributed by atoms with Crippen LogP contribution < -0.4 is 0 Å². The second-order valence-corrected chi connectivity index (χ2v) is 7.03. The summed E-state index contributed by atoms with van der Waals surface area (Å²) in [5, 5.41) is 71.3. The minimum absolute atomic E-state index is 0.472. The fourth-order valence-corrected chi connectivity index (χ4v) is 2.37. The molecule has 1 aliphatic carbocycles. The predicted octanol–water partition coefficient (Wildman–Crippen LogP) is -4.94. The summed E-state index contributed by atoms with van der Waals surface area (Å²) in [6.07, 6.45) is -8.87. The number of carbonyl (C=O) groups excluding carboxylic acids is 1. The number of rotatable bonds is 7. The molecule has 15 heteroatoms. The summed E-state index contributed by atoms with van der Waals surface area (Å²) in [6.45, 7) is -1.88. The van der Waals surface area contributed by atoms with E-state index in [2.05, 4.69) is 4.52 Å². The van der Waals surface area contributed by atoms with Gasteiger partial charge in [-0.05, 0) is 0 Å². The third-order valence-electron chi connectivity index (χ3n) is 3.54. The number of hydrogen-bond acceptors (Lipinski definition) is 11. The standard InChI is InChI=1S/C7H12O6.C5H11O8P/c8-3-1-7(13,6(11)12)2-4(9)5(3)10;6-1-3(7)5(9)4(8)2-13-14(10,11)12/h3-5,8-10,13H,1-2H2,(H,11,12);4-6,8-9H,1-2H2,(H2,10,11,12)/t3-,4-,5?,7?;4-,5+/m11/s1. The van der Waals surface area contributed by atoms with Crippen molar-refractivity contribution in [3.63, 3.8) is 0 Å². The van der Waals surface area contributed by atoms with Crippen molar-refractivity contribution in [2.24, 2.45) is 0 Å². The van der Waals surface area contributed by atoms with E-state index in [0.717, 1.165) is 0 Å². The zero-order chi connectivity index (χ0) is 21.6. The summed E-state index contributed by atoms with van der Waals surface area (Å²) in [7, 11) is -4.74. The van der Waals surface area contributed by atoms with Gasteiger partial charge >= 0.3 is 13.8 Å². The fourth-order valence-electron chi connectivity index (χ4n) is 2.02. The van der Waals surface area contributed by atoms with Gasteiger partial charge in [-0.1, -0.05) is 0 Å². The predicted molar refractivity (Wildman–Crippen MR) is 81.9 cm³/mol. The lowest BCUT2D eigenvalue weighted by Crippen LogP contribution is -2.56.